The maximum Gasteiger partial charge on any atom is 0.177 e. The third-order valence-corrected chi connectivity index (χ3v) is 1.33. The van der Waals surface area contributed by atoms with Crippen LogP contribution in [0.25, 0.3) is 5.65 Å². The molecule has 10 heavy (non-hydrogen) atoms. The summed E-state index contributed by atoms with van der Waals surface area (Å²) in [6, 6.07) is 3.70. The molecule has 2 heterocycles. The lowest BCUT2D eigenvalue weighted by molar-refractivity contribution is 0.875. The van der Waals surface area contributed by atoms with Crippen LogP contribution in [0.3, 0.4) is 0 Å². The minimum absolute atomic E-state index is 0.792. The van der Waals surface area contributed by atoms with Crippen molar-refractivity contribution >= 4 is 5.65 Å². The third-order valence-electron chi connectivity index (χ3n) is 1.33. The summed E-state index contributed by atoms with van der Waals surface area (Å²) in [6.45, 7) is 1.87. The molecule has 0 spiro atoms. The van der Waals surface area contributed by atoms with Gasteiger partial charge in [-0.15, -0.1) is 10.2 Å². The molecule has 2 aromatic heterocycles. The van der Waals surface area contributed by atoms with Gasteiger partial charge in [0.1, 0.15) is 0 Å². The van der Waals surface area contributed by atoms with E-state index in [1.165, 1.54) is 0 Å². The number of hydrogen-bond acceptors (Lipinski definition) is 3. The number of fused-ring (bicyclic) bond motifs is 1. The molecule has 2 aromatic rings. The van der Waals surface area contributed by atoms with E-state index in [9.17, 15) is 0 Å². The van der Waals surface area contributed by atoms with Gasteiger partial charge in [0.05, 0.1) is 0 Å². The number of nitrogens with zero attached hydrogens (tertiary/aromatic N) is 4. The predicted octanol–water partition coefficient (Wildman–Crippen LogP) is 0.433. The zero-order chi connectivity index (χ0) is 6.97. The Kier molecular flexibility index (Phi) is 0.943. The third kappa shape index (κ3) is 0.586. The Hall–Kier alpha value is -1.45. The van der Waals surface area contributed by atoms with E-state index < -0.39 is 0 Å². The molecule has 0 radical (unpaired) electrons. The lowest BCUT2D eigenvalue weighted by Crippen LogP contribution is -1.91. The minimum atomic E-state index is 0.792. The molecule has 0 saturated heterocycles. The summed E-state index contributed by atoms with van der Waals surface area (Å²) in [6.07, 6.45) is 1.71. The Labute approximate surface area is 57.5 Å². The van der Waals surface area contributed by atoms with Gasteiger partial charge in [-0.25, -0.2) is 0 Å². The fourth-order valence-electron chi connectivity index (χ4n) is 0.855. The van der Waals surface area contributed by atoms with Crippen LogP contribution >= 0.6 is 0 Å². The highest BCUT2D eigenvalue weighted by Gasteiger charge is 1.96. The van der Waals surface area contributed by atoms with Gasteiger partial charge in [0.25, 0.3) is 0 Å². The molecule has 2 rings (SSSR count). The van der Waals surface area contributed by atoms with Crippen molar-refractivity contribution in [3.05, 3.63) is 24.2 Å². The lowest BCUT2D eigenvalue weighted by atomic mass is 10.5. The zero-order valence-corrected chi connectivity index (χ0v) is 5.52. The standard InChI is InChI=1S/C6H6N4/c1-5-8-9-6-3-2-4-7-10(5)6/h2-4H,1H3. The first-order chi connectivity index (χ1) is 4.88. The highest BCUT2D eigenvalue weighted by atomic mass is 15.4. The lowest BCUT2D eigenvalue weighted by Gasteiger charge is -1.87. The van der Waals surface area contributed by atoms with Gasteiger partial charge >= 0.3 is 0 Å². The second-order valence-corrected chi connectivity index (χ2v) is 2.04. The van der Waals surface area contributed by atoms with Crippen molar-refractivity contribution in [2.75, 3.05) is 0 Å². The van der Waals surface area contributed by atoms with E-state index in [0.717, 1.165) is 11.5 Å². The first-order valence-electron chi connectivity index (χ1n) is 3.01. The molecule has 0 saturated carbocycles. The van der Waals surface area contributed by atoms with Crippen molar-refractivity contribution in [3.63, 3.8) is 0 Å². The van der Waals surface area contributed by atoms with Crippen LogP contribution in [0, 0.1) is 6.92 Å². The van der Waals surface area contributed by atoms with Gasteiger partial charge < -0.3 is 0 Å². The second kappa shape index (κ2) is 1.76. The fraction of sp³-hybridized carbons (Fsp3) is 0.167. The molecule has 0 aliphatic heterocycles. The molecule has 4 nitrogen and oxygen atoms in total. The van der Waals surface area contributed by atoms with Crippen molar-refractivity contribution in [3.8, 4) is 0 Å². The van der Waals surface area contributed by atoms with E-state index in [0.29, 0.717) is 0 Å². The van der Waals surface area contributed by atoms with Crippen molar-refractivity contribution < 1.29 is 0 Å². The van der Waals surface area contributed by atoms with Crippen LogP contribution in [0.4, 0.5) is 0 Å². The topological polar surface area (TPSA) is 43.1 Å². The maximum atomic E-state index is 4.03. The molecule has 0 aliphatic carbocycles. The van der Waals surface area contributed by atoms with E-state index in [1.807, 2.05) is 19.1 Å². The average Bonchev–Trinajstić information content (AvgIpc) is 2.34. The number of aromatic nitrogens is 4. The number of aryl methyl sites for hydroxylation is 1. The van der Waals surface area contributed by atoms with Crippen molar-refractivity contribution in [1.29, 1.82) is 0 Å². The molecule has 0 bridgehead atoms. The molecule has 0 aliphatic rings. The highest BCUT2D eigenvalue weighted by Crippen LogP contribution is 1.96. The number of hydrogen-bond donors (Lipinski definition) is 0. The Morgan fingerprint density at radius 3 is 3.10 bits per heavy atom. The summed E-state index contributed by atoms with van der Waals surface area (Å²) >= 11 is 0. The van der Waals surface area contributed by atoms with Crippen LogP contribution in [0.2, 0.25) is 0 Å². The van der Waals surface area contributed by atoms with Crippen molar-refractivity contribution in [2.45, 2.75) is 6.92 Å². The van der Waals surface area contributed by atoms with Crippen LogP contribution in [0.15, 0.2) is 18.3 Å². The first-order valence-corrected chi connectivity index (χ1v) is 3.01. The Morgan fingerprint density at radius 1 is 1.40 bits per heavy atom. The summed E-state index contributed by atoms with van der Waals surface area (Å²) in [5.41, 5.74) is 0.792. The molecule has 0 amide bonds. The molecule has 0 fully saturated rings. The minimum Gasteiger partial charge on any atom is -0.198 e. The van der Waals surface area contributed by atoms with Gasteiger partial charge in [0.2, 0.25) is 0 Å². The largest absolute Gasteiger partial charge is 0.198 e. The number of rotatable bonds is 0. The summed E-state index contributed by atoms with van der Waals surface area (Å²) in [4.78, 5) is 0. The van der Waals surface area contributed by atoms with Crippen LogP contribution in [-0.2, 0) is 0 Å². The highest BCUT2D eigenvalue weighted by molar-refractivity contribution is 5.34. The van der Waals surface area contributed by atoms with Crippen LogP contribution in [0.1, 0.15) is 5.82 Å². The Bertz CT molecular complexity index is 351. The van der Waals surface area contributed by atoms with Crippen LogP contribution in [-0.4, -0.2) is 19.8 Å². The maximum absolute atomic E-state index is 4.03. The van der Waals surface area contributed by atoms with Crippen LogP contribution < -0.4 is 0 Å². The van der Waals surface area contributed by atoms with E-state index in [1.54, 1.807) is 10.7 Å². The molecule has 0 atom stereocenters. The Morgan fingerprint density at radius 2 is 2.30 bits per heavy atom. The van der Waals surface area contributed by atoms with Crippen LogP contribution in [0.5, 0.6) is 0 Å². The summed E-state index contributed by atoms with van der Waals surface area (Å²) < 4.78 is 1.69. The smallest absolute Gasteiger partial charge is 0.177 e. The van der Waals surface area contributed by atoms with Gasteiger partial charge in [-0.3, -0.25) is 0 Å². The van der Waals surface area contributed by atoms with Gasteiger partial charge in [-0.1, -0.05) is 0 Å². The monoisotopic (exact) mass is 134 g/mol. The fourth-order valence-corrected chi connectivity index (χ4v) is 0.855. The molecular weight excluding hydrogens is 128 g/mol. The van der Waals surface area contributed by atoms with E-state index in [2.05, 4.69) is 15.3 Å². The van der Waals surface area contributed by atoms with E-state index in [-0.39, 0.29) is 0 Å². The summed E-state index contributed by atoms with van der Waals surface area (Å²) in [5.74, 6) is 0.815. The molecule has 4 heteroatoms. The van der Waals surface area contributed by atoms with E-state index in [4.69, 9.17) is 0 Å². The molecule has 0 unspecified atom stereocenters. The van der Waals surface area contributed by atoms with Gasteiger partial charge in [-0.05, 0) is 19.1 Å². The molecule has 0 aromatic carbocycles. The quantitative estimate of drug-likeness (QED) is 0.524. The zero-order valence-electron chi connectivity index (χ0n) is 5.52. The van der Waals surface area contributed by atoms with Crippen molar-refractivity contribution in [2.24, 2.45) is 0 Å². The molecule has 50 valence electrons. The summed E-state index contributed by atoms with van der Waals surface area (Å²) in [5, 5.41) is 11.7. The predicted molar refractivity (Wildman–Crippen MR) is 35.5 cm³/mol. The SMILES string of the molecule is Cc1nnc2cccnn12. The van der Waals surface area contributed by atoms with Crippen molar-refractivity contribution in [1.82, 2.24) is 19.8 Å². The van der Waals surface area contributed by atoms with Gasteiger partial charge in [0.15, 0.2) is 11.5 Å². The molecule has 0 N–H and O–H groups in total. The summed E-state index contributed by atoms with van der Waals surface area (Å²) in [7, 11) is 0. The Balaban J connectivity index is 2.93. The average molecular weight is 134 g/mol. The first kappa shape index (κ1) is 5.34. The van der Waals surface area contributed by atoms with Gasteiger partial charge in [0, 0.05) is 6.20 Å². The second-order valence-electron chi connectivity index (χ2n) is 2.04. The molecular formula is C6H6N4. The van der Waals surface area contributed by atoms with E-state index >= 15 is 0 Å². The van der Waals surface area contributed by atoms with Gasteiger partial charge in [-0.2, -0.15) is 9.61 Å². The normalized spacial score (nSPS) is 10.5.